The van der Waals surface area contributed by atoms with Crippen molar-refractivity contribution >= 4 is 18.3 Å². The van der Waals surface area contributed by atoms with Crippen LogP contribution < -0.4 is 0 Å². The zero-order chi connectivity index (χ0) is 11.5. The van der Waals surface area contributed by atoms with Gasteiger partial charge in [0.05, 0.1) is 5.41 Å². The Kier molecular flexibility index (Phi) is 3.35. The van der Waals surface area contributed by atoms with Gasteiger partial charge in [0, 0.05) is 23.9 Å². The monoisotopic (exact) mass is 205 g/mol. The molecular formula is C12H15NO2. The second-order valence-electron chi connectivity index (χ2n) is 4.16. The first kappa shape index (κ1) is 11.6. The Balaban J connectivity index is 3.12. The molecule has 0 radical (unpaired) electrons. The van der Waals surface area contributed by atoms with Crippen molar-refractivity contribution in [3.63, 3.8) is 0 Å². The average Bonchev–Trinajstić information content (AvgIpc) is 2.39. The van der Waals surface area contributed by atoms with Gasteiger partial charge in [-0.1, -0.05) is 19.9 Å². The lowest BCUT2D eigenvalue weighted by atomic mass is 9.80. The summed E-state index contributed by atoms with van der Waals surface area (Å²) >= 11 is 0. The van der Waals surface area contributed by atoms with Gasteiger partial charge in [0.15, 0.2) is 0 Å². The highest BCUT2D eigenvalue weighted by Gasteiger charge is 2.31. The van der Waals surface area contributed by atoms with Crippen molar-refractivity contribution < 1.29 is 9.59 Å². The Morgan fingerprint density at radius 3 is 2.73 bits per heavy atom. The summed E-state index contributed by atoms with van der Waals surface area (Å²) in [5.41, 5.74) is -0.280. The van der Waals surface area contributed by atoms with Crippen LogP contribution in [0.3, 0.4) is 0 Å². The molecule has 0 N–H and O–H groups in total. The molecule has 1 rings (SSSR count). The van der Waals surface area contributed by atoms with Crippen LogP contribution in [0.15, 0.2) is 28.9 Å². The molecule has 1 heterocycles. The van der Waals surface area contributed by atoms with E-state index in [1.807, 2.05) is 13.8 Å². The van der Waals surface area contributed by atoms with Crippen molar-refractivity contribution in [2.45, 2.75) is 20.8 Å². The van der Waals surface area contributed by atoms with Crippen LogP contribution >= 0.6 is 0 Å². The summed E-state index contributed by atoms with van der Waals surface area (Å²) in [4.78, 5) is 26.6. The zero-order valence-corrected chi connectivity index (χ0v) is 9.23. The van der Waals surface area contributed by atoms with Crippen molar-refractivity contribution in [1.82, 2.24) is 0 Å². The molecule has 0 bridgehead atoms. The molecule has 0 aliphatic carbocycles. The van der Waals surface area contributed by atoms with E-state index in [1.54, 1.807) is 25.3 Å². The normalized spacial score (nSPS) is 24.9. The predicted octanol–water partition coefficient (Wildman–Crippen LogP) is 1.94. The van der Waals surface area contributed by atoms with Crippen LogP contribution in [-0.2, 0) is 9.59 Å². The molecule has 0 saturated carbocycles. The maximum Gasteiger partial charge on any atom is 0.150 e. The number of aldehydes is 1. The van der Waals surface area contributed by atoms with E-state index in [0.717, 1.165) is 6.29 Å². The fourth-order valence-electron chi connectivity index (χ4n) is 1.59. The summed E-state index contributed by atoms with van der Waals surface area (Å²) < 4.78 is 0. The van der Waals surface area contributed by atoms with Gasteiger partial charge in [0.25, 0.3) is 0 Å². The molecule has 80 valence electrons. The molecule has 1 aliphatic heterocycles. The lowest BCUT2D eigenvalue weighted by Gasteiger charge is -2.21. The number of Topliss-reactive ketones (excluding diaryl/α,β-unsaturated/α-hetero) is 1. The number of carbonyl (C=O) groups is 2. The van der Waals surface area contributed by atoms with Gasteiger partial charge in [0.1, 0.15) is 12.1 Å². The quantitative estimate of drug-likeness (QED) is 0.661. The molecule has 0 fully saturated rings. The largest absolute Gasteiger partial charge is 0.298 e. The topological polar surface area (TPSA) is 46.5 Å². The fraction of sp³-hybridized carbons (Fsp3) is 0.417. The van der Waals surface area contributed by atoms with E-state index in [2.05, 4.69) is 4.99 Å². The lowest BCUT2D eigenvalue weighted by molar-refractivity contribution is -0.125. The van der Waals surface area contributed by atoms with E-state index in [0.29, 0.717) is 5.57 Å². The number of hydrogen-bond donors (Lipinski definition) is 0. The SMILES string of the molecule is CC(C)C(=O)C1(C)C=NC=CC(C=O)=C1. The van der Waals surface area contributed by atoms with Crippen LogP contribution in [0.25, 0.3) is 0 Å². The van der Waals surface area contributed by atoms with Gasteiger partial charge in [-0.15, -0.1) is 0 Å². The molecule has 15 heavy (non-hydrogen) atoms. The van der Waals surface area contributed by atoms with E-state index in [1.165, 1.54) is 6.20 Å². The Morgan fingerprint density at radius 2 is 2.20 bits per heavy atom. The molecule has 0 spiro atoms. The van der Waals surface area contributed by atoms with Crippen molar-refractivity contribution in [2.24, 2.45) is 16.3 Å². The van der Waals surface area contributed by atoms with Crippen LogP contribution in [0.5, 0.6) is 0 Å². The summed E-state index contributed by atoms with van der Waals surface area (Å²) in [5, 5.41) is 0. The number of rotatable bonds is 3. The third-order valence-corrected chi connectivity index (χ3v) is 2.35. The van der Waals surface area contributed by atoms with Crippen LogP contribution in [0.4, 0.5) is 0 Å². The third-order valence-electron chi connectivity index (χ3n) is 2.35. The summed E-state index contributed by atoms with van der Waals surface area (Å²) in [5.74, 6) is -0.0157. The van der Waals surface area contributed by atoms with E-state index >= 15 is 0 Å². The Morgan fingerprint density at radius 1 is 1.53 bits per heavy atom. The van der Waals surface area contributed by atoms with Crippen LogP contribution in [-0.4, -0.2) is 18.3 Å². The highest BCUT2D eigenvalue weighted by Crippen LogP contribution is 2.25. The minimum absolute atomic E-state index is 0.0642. The van der Waals surface area contributed by atoms with E-state index < -0.39 is 5.41 Å². The van der Waals surface area contributed by atoms with Crippen molar-refractivity contribution in [2.75, 3.05) is 0 Å². The van der Waals surface area contributed by atoms with Gasteiger partial charge < -0.3 is 0 Å². The molecule has 0 aromatic rings. The first-order chi connectivity index (χ1) is 6.99. The second kappa shape index (κ2) is 4.34. The number of hydrogen-bond acceptors (Lipinski definition) is 3. The Hall–Kier alpha value is -1.51. The van der Waals surface area contributed by atoms with Crippen LogP contribution in [0, 0.1) is 11.3 Å². The molecule has 1 aliphatic rings. The molecule has 0 aromatic heterocycles. The van der Waals surface area contributed by atoms with E-state index in [4.69, 9.17) is 0 Å². The fourth-order valence-corrected chi connectivity index (χ4v) is 1.59. The molecule has 0 saturated heterocycles. The summed E-state index contributed by atoms with van der Waals surface area (Å²) in [6.45, 7) is 5.46. The molecule has 3 nitrogen and oxygen atoms in total. The third kappa shape index (κ3) is 2.49. The Labute approximate surface area is 89.6 Å². The standard InChI is InChI=1S/C12H15NO2/c1-9(2)11(15)12(3)6-10(7-14)4-5-13-8-12/h4-9H,1-3H3. The van der Waals surface area contributed by atoms with Gasteiger partial charge in [-0.3, -0.25) is 14.6 Å². The molecule has 1 unspecified atom stereocenters. The molecule has 3 heteroatoms. The van der Waals surface area contributed by atoms with Gasteiger partial charge in [-0.05, 0) is 13.0 Å². The number of allylic oxidation sites excluding steroid dienone is 3. The van der Waals surface area contributed by atoms with Gasteiger partial charge in [-0.25, -0.2) is 0 Å². The number of aliphatic imine (C=N–C) groups is 1. The molecule has 0 amide bonds. The smallest absolute Gasteiger partial charge is 0.150 e. The lowest BCUT2D eigenvalue weighted by Crippen LogP contribution is -2.31. The summed E-state index contributed by atoms with van der Waals surface area (Å²) in [6, 6.07) is 0. The minimum atomic E-state index is -0.770. The highest BCUT2D eigenvalue weighted by molar-refractivity contribution is 6.03. The maximum atomic E-state index is 12.0. The average molecular weight is 205 g/mol. The van der Waals surface area contributed by atoms with E-state index in [-0.39, 0.29) is 11.7 Å². The minimum Gasteiger partial charge on any atom is -0.298 e. The number of nitrogens with zero attached hydrogens (tertiary/aromatic N) is 1. The molecule has 0 aromatic carbocycles. The first-order valence-electron chi connectivity index (χ1n) is 4.93. The predicted molar refractivity (Wildman–Crippen MR) is 59.7 cm³/mol. The van der Waals surface area contributed by atoms with Gasteiger partial charge >= 0.3 is 0 Å². The van der Waals surface area contributed by atoms with Crippen molar-refractivity contribution in [3.05, 3.63) is 23.9 Å². The summed E-state index contributed by atoms with van der Waals surface area (Å²) in [7, 11) is 0. The van der Waals surface area contributed by atoms with Crippen LogP contribution in [0.2, 0.25) is 0 Å². The Bertz CT molecular complexity index is 364. The second-order valence-corrected chi connectivity index (χ2v) is 4.16. The first-order valence-corrected chi connectivity index (χ1v) is 4.93. The van der Waals surface area contributed by atoms with Crippen molar-refractivity contribution in [1.29, 1.82) is 0 Å². The molecular weight excluding hydrogens is 190 g/mol. The maximum absolute atomic E-state index is 12.0. The van der Waals surface area contributed by atoms with E-state index in [9.17, 15) is 9.59 Å². The number of ketones is 1. The molecule has 1 atom stereocenters. The van der Waals surface area contributed by atoms with Gasteiger partial charge in [-0.2, -0.15) is 0 Å². The van der Waals surface area contributed by atoms with Gasteiger partial charge in [0.2, 0.25) is 0 Å². The summed E-state index contributed by atoms with van der Waals surface area (Å²) in [6.07, 6.45) is 7.11. The van der Waals surface area contributed by atoms with Crippen molar-refractivity contribution in [3.8, 4) is 0 Å². The highest BCUT2D eigenvalue weighted by atomic mass is 16.1. The zero-order valence-electron chi connectivity index (χ0n) is 9.23. The number of carbonyl (C=O) groups excluding carboxylic acids is 2. The van der Waals surface area contributed by atoms with Crippen LogP contribution in [0.1, 0.15) is 20.8 Å².